The van der Waals surface area contributed by atoms with Gasteiger partial charge in [0, 0.05) is 42.2 Å². The number of hydrogen-bond donors (Lipinski definition) is 1. The fourth-order valence-electron chi connectivity index (χ4n) is 4.53. The first-order chi connectivity index (χ1) is 20.8. The van der Waals surface area contributed by atoms with Crippen molar-refractivity contribution in [1.29, 1.82) is 5.26 Å². The van der Waals surface area contributed by atoms with Crippen LogP contribution in [-0.2, 0) is 18.0 Å². The quantitative estimate of drug-likeness (QED) is 0.193. The third-order valence-electron chi connectivity index (χ3n) is 6.88. The van der Waals surface area contributed by atoms with Crippen LogP contribution in [-0.4, -0.2) is 23.1 Å². The molecule has 4 rings (SSSR count). The molecule has 0 unspecified atom stereocenters. The summed E-state index contributed by atoms with van der Waals surface area (Å²) >= 11 is 0.940. The number of aromatic nitrogens is 2. The SMILES string of the molecule is C=C(c1c(/C(F)=C\C)sc(N)c1C#N)c1c2c(c3cnc(N(CC)CCCC#CC)nc3c1F)COC2.CC.CCCC. The highest BCUT2D eigenvalue weighted by atomic mass is 32.1. The highest BCUT2D eigenvalue weighted by Crippen LogP contribution is 2.45. The number of nitrogen functional groups attached to an aromatic ring is 1. The standard InChI is InChI=1S/C28H27F2N5OS.C4H10.C2H6/c1-5-8-9-10-11-35(7-3)28-33-13-18-19-14-36-15-20(19)22(24(30)25(18)34-28)16(4)23-17(12-31)27(32)37-26(23)21(29)6-2;1-3-4-2;1-2/h6,13H,4,7,9-11,14-15,32H2,1-3H3;3-4H2,1-2H3;1-2H3/b21-6+;;. The van der Waals surface area contributed by atoms with E-state index in [1.165, 1.54) is 18.9 Å². The molecule has 6 nitrogen and oxygen atoms in total. The minimum Gasteiger partial charge on any atom is -0.389 e. The van der Waals surface area contributed by atoms with Crippen LogP contribution < -0.4 is 10.6 Å². The van der Waals surface area contributed by atoms with Crippen LogP contribution in [0.3, 0.4) is 0 Å². The number of unbranched alkanes of at least 4 members (excludes halogenated alkanes) is 2. The van der Waals surface area contributed by atoms with Gasteiger partial charge in [0.25, 0.3) is 0 Å². The molecule has 3 heterocycles. The molecule has 0 bridgehead atoms. The molecular formula is C34H43F2N5OS. The first-order valence-electron chi connectivity index (χ1n) is 14.9. The molecule has 230 valence electrons. The predicted octanol–water partition coefficient (Wildman–Crippen LogP) is 9.17. The Morgan fingerprint density at radius 1 is 1.21 bits per heavy atom. The number of fused-ring (bicyclic) bond motifs is 3. The van der Waals surface area contributed by atoms with Gasteiger partial charge in [-0.3, -0.25) is 0 Å². The summed E-state index contributed by atoms with van der Waals surface area (Å²) in [5, 5.41) is 10.5. The minimum absolute atomic E-state index is 0.0740. The second kappa shape index (κ2) is 17.4. The molecule has 0 spiro atoms. The molecule has 0 saturated carbocycles. The highest BCUT2D eigenvalue weighted by Gasteiger charge is 2.30. The molecule has 43 heavy (non-hydrogen) atoms. The summed E-state index contributed by atoms with van der Waals surface area (Å²) in [6, 6.07) is 2.03. The molecule has 9 heteroatoms. The van der Waals surface area contributed by atoms with Crippen molar-refractivity contribution in [1.82, 2.24) is 9.97 Å². The van der Waals surface area contributed by atoms with Crippen LogP contribution in [0.5, 0.6) is 0 Å². The number of hydrogen-bond acceptors (Lipinski definition) is 7. The number of rotatable bonds is 9. The van der Waals surface area contributed by atoms with Gasteiger partial charge >= 0.3 is 0 Å². The number of nitrogens with zero attached hydrogens (tertiary/aromatic N) is 4. The van der Waals surface area contributed by atoms with Crippen LogP contribution in [0.2, 0.25) is 0 Å². The highest BCUT2D eigenvalue weighted by molar-refractivity contribution is 7.17. The van der Waals surface area contributed by atoms with E-state index in [-0.39, 0.29) is 50.9 Å². The Morgan fingerprint density at radius 2 is 1.88 bits per heavy atom. The lowest BCUT2D eigenvalue weighted by Gasteiger charge is -2.21. The zero-order valence-electron chi connectivity index (χ0n) is 26.5. The van der Waals surface area contributed by atoms with Gasteiger partial charge < -0.3 is 15.4 Å². The van der Waals surface area contributed by atoms with E-state index in [1.807, 2.05) is 31.7 Å². The van der Waals surface area contributed by atoms with Gasteiger partial charge in [-0.25, -0.2) is 18.7 Å². The molecule has 0 radical (unpaired) electrons. The maximum Gasteiger partial charge on any atom is 0.225 e. The predicted molar refractivity (Wildman–Crippen MR) is 177 cm³/mol. The lowest BCUT2D eigenvalue weighted by atomic mass is 9.89. The van der Waals surface area contributed by atoms with Crippen molar-refractivity contribution in [2.24, 2.45) is 0 Å². The summed E-state index contributed by atoms with van der Waals surface area (Å²) in [7, 11) is 0. The van der Waals surface area contributed by atoms with E-state index >= 15 is 4.39 Å². The molecule has 0 amide bonds. The topological polar surface area (TPSA) is 88.1 Å². The average Bonchev–Trinajstić information content (AvgIpc) is 3.66. The smallest absolute Gasteiger partial charge is 0.225 e. The summed E-state index contributed by atoms with van der Waals surface area (Å²) in [6.45, 7) is 19.5. The number of nitriles is 1. The summed E-state index contributed by atoms with van der Waals surface area (Å²) in [4.78, 5) is 11.3. The Balaban J connectivity index is 0.000000993. The van der Waals surface area contributed by atoms with Crippen LogP contribution in [0.15, 0.2) is 18.9 Å². The van der Waals surface area contributed by atoms with Crippen LogP contribution >= 0.6 is 11.3 Å². The van der Waals surface area contributed by atoms with Gasteiger partial charge in [0.1, 0.15) is 22.4 Å². The van der Waals surface area contributed by atoms with Gasteiger partial charge in [-0.2, -0.15) is 5.26 Å². The van der Waals surface area contributed by atoms with Crippen LogP contribution in [0.4, 0.5) is 19.7 Å². The molecule has 3 aromatic rings. The van der Waals surface area contributed by atoms with E-state index in [2.05, 4.69) is 42.2 Å². The Labute approximate surface area is 259 Å². The summed E-state index contributed by atoms with van der Waals surface area (Å²) in [5.74, 6) is 5.18. The lowest BCUT2D eigenvalue weighted by molar-refractivity contribution is 0.134. The largest absolute Gasteiger partial charge is 0.389 e. The van der Waals surface area contributed by atoms with Crippen LogP contribution in [0, 0.1) is 29.0 Å². The van der Waals surface area contributed by atoms with Crippen LogP contribution in [0.25, 0.3) is 22.3 Å². The van der Waals surface area contributed by atoms with Crippen molar-refractivity contribution in [3.63, 3.8) is 0 Å². The van der Waals surface area contributed by atoms with Crippen molar-refractivity contribution in [3.8, 4) is 17.9 Å². The zero-order chi connectivity index (χ0) is 32.1. The maximum absolute atomic E-state index is 16.4. The maximum atomic E-state index is 16.4. The Bertz CT molecular complexity index is 1560. The number of anilines is 2. The van der Waals surface area contributed by atoms with E-state index in [0.29, 0.717) is 30.0 Å². The van der Waals surface area contributed by atoms with Crippen molar-refractivity contribution in [2.75, 3.05) is 23.7 Å². The second-order valence-corrected chi connectivity index (χ2v) is 10.5. The Hall–Kier alpha value is -3.79. The van der Waals surface area contributed by atoms with Crippen molar-refractivity contribution in [3.05, 3.63) is 57.4 Å². The van der Waals surface area contributed by atoms with Crippen LogP contribution in [0.1, 0.15) is 107 Å². The summed E-state index contributed by atoms with van der Waals surface area (Å²) < 4.78 is 36.8. The van der Waals surface area contributed by atoms with Gasteiger partial charge in [-0.1, -0.05) is 53.2 Å². The number of benzene rings is 1. The normalized spacial score (nSPS) is 11.8. The molecule has 1 aliphatic heterocycles. The zero-order valence-corrected chi connectivity index (χ0v) is 27.3. The fraction of sp³-hybridized carbons (Fsp3) is 0.441. The third kappa shape index (κ3) is 7.79. The second-order valence-electron chi connectivity index (χ2n) is 9.45. The van der Waals surface area contributed by atoms with E-state index in [9.17, 15) is 9.65 Å². The molecule has 0 fully saturated rings. The molecule has 2 aromatic heterocycles. The van der Waals surface area contributed by atoms with E-state index in [0.717, 1.165) is 29.7 Å². The monoisotopic (exact) mass is 607 g/mol. The molecule has 2 N–H and O–H groups in total. The molecule has 0 aliphatic carbocycles. The molecule has 1 aliphatic rings. The van der Waals surface area contributed by atoms with Gasteiger partial charge in [0.15, 0.2) is 5.82 Å². The average molecular weight is 608 g/mol. The van der Waals surface area contributed by atoms with Gasteiger partial charge in [0.05, 0.1) is 23.7 Å². The number of ether oxygens (including phenoxy) is 1. The minimum atomic E-state index is -0.610. The molecule has 1 aromatic carbocycles. The van der Waals surface area contributed by atoms with E-state index in [1.54, 1.807) is 20.0 Å². The fourth-order valence-corrected chi connectivity index (χ4v) is 5.54. The van der Waals surface area contributed by atoms with Crippen molar-refractivity contribution in [2.45, 2.75) is 87.4 Å². The first-order valence-corrected chi connectivity index (χ1v) is 15.7. The van der Waals surface area contributed by atoms with Gasteiger partial charge in [0.2, 0.25) is 5.95 Å². The Morgan fingerprint density at radius 3 is 2.47 bits per heavy atom. The van der Waals surface area contributed by atoms with E-state index in [4.69, 9.17) is 10.5 Å². The van der Waals surface area contributed by atoms with Crippen molar-refractivity contribution < 1.29 is 13.5 Å². The molecule has 0 saturated heterocycles. The summed E-state index contributed by atoms with van der Waals surface area (Å²) in [6.07, 6.45) is 7.12. The van der Waals surface area contributed by atoms with Gasteiger partial charge in [-0.05, 0) is 43.9 Å². The number of thiophene rings is 1. The van der Waals surface area contributed by atoms with Gasteiger partial charge in [-0.15, -0.1) is 23.2 Å². The number of allylic oxidation sites excluding steroid dienone is 1. The van der Waals surface area contributed by atoms with Crippen molar-refractivity contribution >= 4 is 44.6 Å². The lowest BCUT2D eigenvalue weighted by Crippen LogP contribution is -2.26. The number of nitrogens with two attached hydrogens (primary N) is 1. The Kier molecular flexibility index (Phi) is 14.3. The third-order valence-corrected chi connectivity index (χ3v) is 7.91. The molecule has 0 atom stereocenters. The summed E-state index contributed by atoms with van der Waals surface area (Å²) in [5.41, 5.74) is 8.11. The first kappa shape index (κ1) is 35.4. The molecular weight excluding hydrogens is 564 g/mol. The number of halogens is 2. The van der Waals surface area contributed by atoms with E-state index < -0.39 is 11.6 Å².